The Bertz CT molecular complexity index is 324. The van der Waals surface area contributed by atoms with E-state index in [1.54, 1.807) is 0 Å². The molecule has 0 heterocycles. The van der Waals surface area contributed by atoms with Gasteiger partial charge in [-0.15, -0.1) is 0 Å². The van der Waals surface area contributed by atoms with Crippen LogP contribution in [0.4, 0.5) is 0 Å². The zero-order chi connectivity index (χ0) is 10.1. The van der Waals surface area contributed by atoms with Crippen LogP contribution >= 0.6 is 15.9 Å². The Kier molecular flexibility index (Phi) is 2.93. The number of nitrogens with two attached hydrogens (primary N) is 1. The maximum absolute atomic E-state index is 5.99. The van der Waals surface area contributed by atoms with Crippen LogP contribution in [-0.2, 0) is 0 Å². The number of hydrogen-bond donors (Lipinski definition) is 1. The Balaban J connectivity index is 2.16. The summed E-state index contributed by atoms with van der Waals surface area (Å²) in [4.78, 5) is 0. The lowest BCUT2D eigenvalue weighted by Crippen LogP contribution is -2.45. The van der Waals surface area contributed by atoms with Crippen LogP contribution in [0.1, 0.15) is 31.2 Å². The van der Waals surface area contributed by atoms with Gasteiger partial charge in [-0.25, -0.2) is 0 Å². The predicted molar refractivity (Wildman–Crippen MR) is 63.3 cm³/mol. The van der Waals surface area contributed by atoms with Gasteiger partial charge in [0.1, 0.15) is 0 Å². The van der Waals surface area contributed by atoms with Gasteiger partial charge in [0, 0.05) is 10.5 Å². The van der Waals surface area contributed by atoms with Crippen molar-refractivity contribution in [2.45, 2.75) is 31.7 Å². The minimum atomic E-state index is 0.420. The number of halogens is 1. The summed E-state index contributed by atoms with van der Waals surface area (Å²) in [6.45, 7) is 2.23. The topological polar surface area (TPSA) is 26.0 Å². The van der Waals surface area contributed by atoms with Crippen molar-refractivity contribution in [1.82, 2.24) is 0 Å². The van der Waals surface area contributed by atoms with E-state index in [1.807, 2.05) is 0 Å². The second-order valence-corrected chi connectivity index (χ2v) is 5.05. The molecule has 0 aromatic heterocycles. The average molecular weight is 254 g/mol. The van der Waals surface area contributed by atoms with Gasteiger partial charge in [0.25, 0.3) is 0 Å². The molecule has 1 aromatic carbocycles. The first-order valence-corrected chi connectivity index (χ1v) is 6.02. The summed E-state index contributed by atoms with van der Waals surface area (Å²) in [6, 6.07) is 9.03. The van der Waals surface area contributed by atoms with Gasteiger partial charge in [-0.2, -0.15) is 0 Å². The minimum Gasteiger partial charge on any atom is -0.327 e. The van der Waals surface area contributed by atoms with E-state index in [-0.39, 0.29) is 0 Å². The minimum absolute atomic E-state index is 0.420. The summed E-state index contributed by atoms with van der Waals surface area (Å²) in [6.07, 6.45) is 2.34. The van der Waals surface area contributed by atoms with Gasteiger partial charge in [-0.05, 0) is 36.0 Å². The molecule has 1 aliphatic rings. The van der Waals surface area contributed by atoms with E-state index >= 15 is 0 Å². The maximum Gasteiger partial charge on any atom is 0.0178 e. The van der Waals surface area contributed by atoms with Gasteiger partial charge in [0.15, 0.2) is 0 Å². The van der Waals surface area contributed by atoms with Gasteiger partial charge < -0.3 is 5.73 Å². The van der Waals surface area contributed by atoms with Crippen LogP contribution in [0.5, 0.6) is 0 Å². The molecule has 3 atom stereocenters. The van der Waals surface area contributed by atoms with Crippen molar-refractivity contribution >= 4 is 15.9 Å². The van der Waals surface area contributed by atoms with Crippen molar-refractivity contribution in [2.75, 3.05) is 0 Å². The molecule has 76 valence electrons. The van der Waals surface area contributed by atoms with Crippen molar-refractivity contribution in [3.8, 4) is 0 Å². The van der Waals surface area contributed by atoms with Crippen LogP contribution in [0.3, 0.4) is 0 Å². The number of benzene rings is 1. The second kappa shape index (κ2) is 4.03. The Hall–Kier alpha value is -0.340. The molecular weight excluding hydrogens is 238 g/mol. The van der Waals surface area contributed by atoms with Crippen LogP contribution in [0, 0.1) is 5.92 Å². The van der Waals surface area contributed by atoms with Crippen molar-refractivity contribution in [1.29, 1.82) is 0 Å². The van der Waals surface area contributed by atoms with E-state index in [1.165, 1.54) is 16.5 Å². The van der Waals surface area contributed by atoms with Gasteiger partial charge in [-0.3, -0.25) is 0 Å². The summed E-state index contributed by atoms with van der Waals surface area (Å²) in [5.41, 5.74) is 7.43. The quantitative estimate of drug-likeness (QED) is 0.861. The van der Waals surface area contributed by atoms with Crippen molar-refractivity contribution in [2.24, 2.45) is 11.7 Å². The maximum atomic E-state index is 5.99. The highest BCUT2D eigenvalue weighted by molar-refractivity contribution is 9.10. The molecule has 0 aliphatic heterocycles. The van der Waals surface area contributed by atoms with Crippen LogP contribution in [0.25, 0.3) is 0 Å². The zero-order valence-electron chi connectivity index (χ0n) is 8.41. The van der Waals surface area contributed by atoms with Gasteiger partial charge in [-0.1, -0.05) is 41.4 Å². The standard InChI is InChI=1S/C12H16BrN/c1-2-10-11(7-12(10)14)8-4-3-5-9(13)6-8/h3-6,10-12H,2,7,14H2,1H3. The number of rotatable bonds is 2. The lowest BCUT2D eigenvalue weighted by molar-refractivity contribution is 0.198. The molecule has 14 heavy (non-hydrogen) atoms. The monoisotopic (exact) mass is 253 g/mol. The first-order chi connectivity index (χ1) is 6.72. The first kappa shape index (κ1) is 10.2. The van der Waals surface area contributed by atoms with Gasteiger partial charge in [0.05, 0.1) is 0 Å². The Labute approximate surface area is 93.8 Å². The molecular formula is C12H16BrN. The number of hydrogen-bond acceptors (Lipinski definition) is 1. The molecule has 1 aliphatic carbocycles. The fraction of sp³-hybridized carbons (Fsp3) is 0.500. The molecule has 2 rings (SSSR count). The van der Waals surface area contributed by atoms with Gasteiger partial charge >= 0.3 is 0 Å². The molecule has 0 amide bonds. The SMILES string of the molecule is CCC1C(N)CC1c1cccc(Br)c1. The molecule has 1 aromatic rings. The molecule has 0 saturated heterocycles. The van der Waals surface area contributed by atoms with Crippen molar-refractivity contribution < 1.29 is 0 Å². The summed E-state index contributed by atoms with van der Waals surface area (Å²) >= 11 is 3.51. The summed E-state index contributed by atoms with van der Waals surface area (Å²) in [7, 11) is 0. The van der Waals surface area contributed by atoms with E-state index < -0.39 is 0 Å². The second-order valence-electron chi connectivity index (χ2n) is 4.13. The molecule has 0 spiro atoms. The molecule has 3 unspecified atom stereocenters. The molecule has 0 radical (unpaired) electrons. The summed E-state index contributed by atoms with van der Waals surface area (Å²) < 4.78 is 1.17. The van der Waals surface area contributed by atoms with E-state index in [4.69, 9.17) is 5.73 Å². The lowest BCUT2D eigenvalue weighted by Gasteiger charge is -2.42. The Morgan fingerprint density at radius 1 is 1.50 bits per heavy atom. The fourth-order valence-electron chi connectivity index (χ4n) is 2.45. The third-order valence-corrected chi connectivity index (χ3v) is 3.83. The summed E-state index contributed by atoms with van der Waals surface area (Å²) in [5, 5.41) is 0. The highest BCUT2D eigenvalue weighted by Gasteiger charge is 2.37. The van der Waals surface area contributed by atoms with E-state index in [9.17, 15) is 0 Å². The molecule has 1 nitrogen and oxygen atoms in total. The normalized spacial score (nSPS) is 31.2. The van der Waals surface area contributed by atoms with Crippen LogP contribution in [0.15, 0.2) is 28.7 Å². The average Bonchev–Trinajstić information content (AvgIpc) is 2.14. The van der Waals surface area contributed by atoms with Crippen LogP contribution < -0.4 is 5.73 Å². The molecule has 2 N–H and O–H groups in total. The van der Waals surface area contributed by atoms with E-state index in [2.05, 4.69) is 47.1 Å². The molecule has 1 saturated carbocycles. The molecule has 1 fully saturated rings. The van der Waals surface area contributed by atoms with Crippen molar-refractivity contribution in [3.05, 3.63) is 34.3 Å². The Morgan fingerprint density at radius 3 is 2.86 bits per heavy atom. The third-order valence-electron chi connectivity index (χ3n) is 3.34. The zero-order valence-corrected chi connectivity index (χ0v) is 10.00. The van der Waals surface area contributed by atoms with E-state index in [0.29, 0.717) is 17.9 Å². The Morgan fingerprint density at radius 2 is 2.29 bits per heavy atom. The lowest BCUT2D eigenvalue weighted by atomic mass is 9.65. The fourth-order valence-corrected chi connectivity index (χ4v) is 2.87. The predicted octanol–water partition coefficient (Wildman–Crippen LogP) is 3.29. The molecule has 0 bridgehead atoms. The molecule has 2 heteroatoms. The van der Waals surface area contributed by atoms with Crippen molar-refractivity contribution in [3.63, 3.8) is 0 Å². The highest BCUT2D eigenvalue weighted by atomic mass is 79.9. The first-order valence-electron chi connectivity index (χ1n) is 5.23. The van der Waals surface area contributed by atoms with E-state index in [0.717, 1.165) is 6.42 Å². The smallest absolute Gasteiger partial charge is 0.0178 e. The van der Waals surface area contributed by atoms with Crippen LogP contribution in [-0.4, -0.2) is 6.04 Å². The van der Waals surface area contributed by atoms with Gasteiger partial charge in [0.2, 0.25) is 0 Å². The van der Waals surface area contributed by atoms with Crippen LogP contribution in [0.2, 0.25) is 0 Å². The third kappa shape index (κ3) is 1.73. The largest absolute Gasteiger partial charge is 0.327 e. The summed E-state index contributed by atoms with van der Waals surface area (Å²) in [5.74, 6) is 1.37. The highest BCUT2D eigenvalue weighted by Crippen LogP contribution is 2.43.